The first-order valence-electron chi connectivity index (χ1n) is 6.14. The van der Waals surface area contributed by atoms with Gasteiger partial charge in [-0.3, -0.25) is 9.48 Å². The van der Waals surface area contributed by atoms with Crippen LogP contribution in [0.3, 0.4) is 0 Å². The van der Waals surface area contributed by atoms with Gasteiger partial charge in [0.1, 0.15) is 0 Å². The molecule has 0 spiro atoms. The van der Waals surface area contributed by atoms with Crippen molar-refractivity contribution < 1.29 is 4.79 Å². The molecule has 0 saturated heterocycles. The Morgan fingerprint density at radius 3 is 2.95 bits per heavy atom. The molecule has 2 aromatic heterocycles. The molecule has 0 bridgehead atoms. The molecule has 0 aliphatic carbocycles. The second kappa shape index (κ2) is 6.28. The Morgan fingerprint density at radius 1 is 1.42 bits per heavy atom. The van der Waals surface area contributed by atoms with E-state index in [4.69, 9.17) is 0 Å². The fourth-order valence-corrected chi connectivity index (χ4v) is 2.07. The summed E-state index contributed by atoms with van der Waals surface area (Å²) in [6.45, 7) is 5.63. The van der Waals surface area contributed by atoms with Crippen LogP contribution in [-0.2, 0) is 6.54 Å². The van der Waals surface area contributed by atoms with Crippen molar-refractivity contribution in [3.8, 4) is 0 Å². The Balaban J connectivity index is 1.97. The summed E-state index contributed by atoms with van der Waals surface area (Å²) in [4.78, 5) is 11.9. The minimum atomic E-state index is -0.266. The summed E-state index contributed by atoms with van der Waals surface area (Å²) in [6, 6.07) is 0. The molecular formula is C11H16N6OS. The molecular weight excluding hydrogens is 264 g/mol. The summed E-state index contributed by atoms with van der Waals surface area (Å²) < 4.78 is 1.74. The first-order valence-corrected chi connectivity index (χ1v) is 6.95. The van der Waals surface area contributed by atoms with Gasteiger partial charge < -0.3 is 10.6 Å². The highest BCUT2D eigenvalue weighted by Gasteiger charge is 2.13. The number of hydrogen-bond acceptors (Lipinski definition) is 6. The van der Waals surface area contributed by atoms with Crippen LogP contribution in [0.5, 0.6) is 0 Å². The second-order valence-electron chi connectivity index (χ2n) is 3.88. The van der Waals surface area contributed by atoms with Crippen LogP contribution in [0.2, 0.25) is 0 Å². The molecule has 2 aromatic rings. The zero-order chi connectivity index (χ0) is 13.7. The number of amides is 1. The van der Waals surface area contributed by atoms with Gasteiger partial charge in [0, 0.05) is 19.3 Å². The largest absolute Gasteiger partial charge is 0.360 e. The summed E-state index contributed by atoms with van der Waals surface area (Å²) in [6.07, 6.45) is 4.38. The van der Waals surface area contributed by atoms with E-state index < -0.39 is 0 Å². The van der Waals surface area contributed by atoms with Crippen LogP contribution < -0.4 is 10.6 Å². The minimum absolute atomic E-state index is 0.266. The van der Waals surface area contributed by atoms with Crippen LogP contribution in [0, 0.1) is 0 Å². The third-order valence-corrected chi connectivity index (χ3v) is 3.24. The smallest absolute Gasteiger partial charge is 0.286 e. The summed E-state index contributed by atoms with van der Waals surface area (Å²) in [5.41, 5.74) is 0.658. The Hall–Kier alpha value is -1.96. The molecule has 7 nitrogen and oxygen atoms in total. The van der Waals surface area contributed by atoms with Gasteiger partial charge in [0.2, 0.25) is 10.1 Å². The number of anilines is 2. The first-order chi connectivity index (χ1) is 9.22. The van der Waals surface area contributed by atoms with Crippen LogP contribution >= 0.6 is 11.3 Å². The highest BCUT2D eigenvalue weighted by molar-refractivity contribution is 7.17. The maximum Gasteiger partial charge on any atom is 0.286 e. The SMILES string of the molecule is CCCNc1nnc(C(=O)Nc2cnn(CC)c2)s1. The van der Waals surface area contributed by atoms with E-state index in [1.165, 1.54) is 11.3 Å². The summed E-state index contributed by atoms with van der Waals surface area (Å²) in [5, 5.41) is 18.7. The fraction of sp³-hybridized carbons (Fsp3) is 0.455. The monoisotopic (exact) mass is 280 g/mol. The third-order valence-electron chi connectivity index (χ3n) is 2.36. The van der Waals surface area contributed by atoms with Gasteiger partial charge in [0.05, 0.1) is 11.9 Å². The van der Waals surface area contributed by atoms with Crippen molar-refractivity contribution in [2.24, 2.45) is 0 Å². The molecule has 0 aliphatic rings. The lowest BCUT2D eigenvalue weighted by Gasteiger charge is -1.97. The number of carbonyl (C=O) groups excluding carboxylic acids is 1. The number of aryl methyl sites for hydroxylation is 1. The van der Waals surface area contributed by atoms with Crippen molar-refractivity contribution in [2.45, 2.75) is 26.8 Å². The van der Waals surface area contributed by atoms with Crippen LogP contribution in [-0.4, -0.2) is 32.4 Å². The normalized spacial score (nSPS) is 10.4. The lowest BCUT2D eigenvalue weighted by atomic mass is 10.5. The van der Waals surface area contributed by atoms with E-state index in [-0.39, 0.29) is 5.91 Å². The molecule has 1 amide bonds. The third kappa shape index (κ3) is 3.50. The molecule has 0 saturated carbocycles. The molecule has 0 radical (unpaired) electrons. The highest BCUT2D eigenvalue weighted by Crippen LogP contribution is 2.16. The molecule has 2 rings (SSSR count). The fourth-order valence-electron chi connectivity index (χ4n) is 1.40. The number of aromatic nitrogens is 4. The Labute approximate surface area is 115 Å². The predicted molar refractivity (Wildman–Crippen MR) is 74.5 cm³/mol. The van der Waals surface area contributed by atoms with E-state index in [1.54, 1.807) is 17.1 Å². The van der Waals surface area contributed by atoms with Crippen LogP contribution in [0.1, 0.15) is 30.1 Å². The predicted octanol–water partition coefficient (Wildman–Crippen LogP) is 1.83. The van der Waals surface area contributed by atoms with E-state index in [1.807, 2.05) is 6.92 Å². The lowest BCUT2D eigenvalue weighted by molar-refractivity contribution is 0.102. The first kappa shape index (κ1) is 13.5. The van der Waals surface area contributed by atoms with Crippen LogP contribution in [0.4, 0.5) is 10.8 Å². The van der Waals surface area contributed by atoms with Crippen LogP contribution in [0.15, 0.2) is 12.4 Å². The van der Waals surface area contributed by atoms with Crippen molar-refractivity contribution in [1.82, 2.24) is 20.0 Å². The number of nitrogens with one attached hydrogen (secondary N) is 2. The second-order valence-corrected chi connectivity index (χ2v) is 4.86. The van der Waals surface area contributed by atoms with Gasteiger partial charge in [-0.25, -0.2) is 0 Å². The molecule has 0 aliphatic heterocycles. The Kier molecular flexibility index (Phi) is 4.45. The standard InChI is InChI=1S/C11H16N6OS/c1-3-5-12-11-16-15-10(19-11)9(18)14-8-6-13-17(4-2)7-8/h6-7H,3-5H2,1-2H3,(H,12,16)(H,14,18). The van der Waals surface area contributed by atoms with Gasteiger partial charge >= 0.3 is 0 Å². The van der Waals surface area contributed by atoms with E-state index >= 15 is 0 Å². The maximum atomic E-state index is 11.9. The molecule has 2 heterocycles. The maximum absolute atomic E-state index is 11.9. The van der Waals surface area contributed by atoms with E-state index in [0.717, 1.165) is 19.5 Å². The number of hydrogen-bond donors (Lipinski definition) is 2. The van der Waals surface area contributed by atoms with E-state index in [9.17, 15) is 4.79 Å². The molecule has 8 heteroatoms. The van der Waals surface area contributed by atoms with Crippen molar-refractivity contribution in [2.75, 3.05) is 17.2 Å². The lowest BCUT2D eigenvalue weighted by Crippen LogP contribution is -2.11. The average molecular weight is 280 g/mol. The van der Waals surface area contributed by atoms with Crippen molar-refractivity contribution in [3.05, 3.63) is 17.4 Å². The topological polar surface area (TPSA) is 84.7 Å². The summed E-state index contributed by atoms with van der Waals surface area (Å²) in [5.74, 6) is -0.266. The van der Waals surface area contributed by atoms with Gasteiger partial charge in [0.15, 0.2) is 0 Å². The van der Waals surface area contributed by atoms with Gasteiger partial charge in [0.25, 0.3) is 5.91 Å². The molecule has 0 atom stereocenters. The van der Waals surface area contributed by atoms with Crippen molar-refractivity contribution in [3.63, 3.8) is 0 Å². The molecule has 0 fully saturated rings. The number of rotatable bonds is 6. The zero-order valence-electron chi connectivity index (χ0n) is 10.9. The summed E-state index contributed by atoms with van der Waals surface area (Å²) >= 11 is 1.24. The van der Waals surface area contributed by atoms with Crippen molar-refractivity contribution in [1.29, 1.82) is 0 Å². The minimum Gasteiger partial charge on any atom is -0.360 e. The molecule has 2 N–H and O–H groups in total. The average Bonchev–Trinajstić information content (AvgIpc) is 3.04. The highest BCUT2D eigenvalue weighted by atomic mass is 32.1. The molecule has 0 unspecified atom stereocenters. The quantitative estimate of drug-likeness (QED) is 0.843. The number of carbonyl (C=O) groups is 1. The van der Waals surface area contributed by atoms with E-state index in [0.29, 0.717) is 15.8 Å². The van der Waals surface area contributed by atoms with Gasteiger partial charge in [-0.05, 0) is 13.3 Å². The van der Waals surface area contributed by atoms with Crippen molar-refractivity contribution >= 4 is 28.1 Å². The van der Waals surface area contributed by atoms with Crippen LogP contribution in [0.25, 0.3) is 0 Å². The molecule has 19 heavy (non-hydrogen) atoms. The van der Waals surface area contributed by atoms with E-state index in [2.05, 4.69) is 32.9 Å². The number of nitrogens with zero attached hydrogens (tertiary/aromatic N) is 4. The Morgan fingerprint density at radius 2 is 2.26 bits per heavy atom. The zero-order valence-corrected chi connectivity index (χ0v) is 11.7. The van der Waals surface area contributed by atoms with Gasteiger partial charge in [-0.15, -0.1) is 10.2 Å². The summed E-state index contributed by atoms with van der Waals surface area (Å²) in [7, 11) is 0. The Bertz CT molecular complexity index is 549. The van der Waals surface area contributed by atoms with Gasteiger partial charge in [-0.2, -0.15) is 5.10 Å². The van der Waals surface area contributed by atoms with Gasteiger partial charge in [-0.1, -0.05) is 18.3 Å². The molecule has 0 aromatic carbocycles. The molecule has 102 valence electrons.